The lowest BCUT2D eigenvalue weighted by molar-refractivity contribution is -0.127. The van der Waals surface area contributed by atoms with E-state index in [4.69, 9.17) is 5.73 Å². The third-order valence-electron chi connectivity index (χ3n) is 6.42. The Kier molecular flexibility index (Phi) is 6.14. The van der Waals surface area contributed by atoms with Crippen LogP contribution in [0.5, 0.6) is 0 Å². The normalized spacial score (nSPS) is 20.6. The fourth-order valence-corrected chi connectivity index (χ4v) is 4.68. The van der Waals surface area contributed by atoms with Crippen LogP contribution in [0.15, 0.2) is 36.4 Å². The van der Waals surface area contributed by atoms with Gasteiger partial charge in [-0.05, 0) is 60.2 Å². The molecule has 3 N–H and O–H groups in total. The van der Waals surface area contributed by atoms with Crippen LogP contribution in [0.4, 0.5) is 0 Å². The molecule has 1 saturated carbocycles. The van der Waals surface area contributed by atoms with Gasteiger partial charge in [0, 0.05) is 31.2 Å². The van der Waals surface area contributed by atoms with Crippen LogP contribution in [0.1, 0.15) is 60.9 Å². The highest BCUT2D eigenvalue weighted by molar-refractivity contribution is 5.99. The molecule has 1 aliphatic carbocycles. The van der Waals surface area contributed by atoms with Gasteiger partial charge in [0.15, 0.2) is 0 Å². The van der Waals surface area contributed by atoms with E-state index in [9.17, 15) is 9.59 Å². The van der Waals surface area contributed by atoms with Gasteiger partial charge in [0.2, 0.25) is 5.91 Å². The number of nitrogens with one attached hydrogen (secondary N) is 1. The number of piperidine rings is 1. The van der Waals surface area contributed by atoms with E-state index in [-0.39, 0.29) is 17.7 Å². The molecule has 29 heavy (non-hydrogen) atoms. The lowest BCUT2D eigenvalue weighted by atomic mass is 9.92. The molecule has 5 heteroatoms. The number of carbonyl (C=O) groups is 2. The Morgan fingerprint density at radius 3 is 2.52 bits per heavy atom. The van der Waals surface area contributed by atoms with Gasteiger partial charge in [-0.1, -0.05) is 37.5 Å². The van der Waals surface area contributed by atoms with Crippen molar-refractivity contribution < 1.29 is 9.59 Å². The Bertz CT molecular complexity index is 889. The van der Waals surface area contributed by atoms with Gasteiger partial charge in [-0.15, -0.1) is 0 Å². The van der Waals surface area contributed by atoms with Crippen LogP contribution < -0.4 is 11.1 Å². The maximum Gasteiger partial charge on any atom is 0.253 e. The van der Waals surface area contributed by atoms with Crippen LogP contribution in [0.3, 0.4) is 0 Å². The first-order chi connectivity index (χ1) is 14.1. The lowest BCUT2D eigenvalue weighted by Gasteiger charge is -2.33. The van der Waals surface area contributed by atoms with Gasteiger partial charge in [0.1, 0.15) is 0 Å². The molecule has 1 unspecified atom stereocenters. The Balaban J connectivity index is 1.42. The molecule has 0 spiro atoms. The highest BCUT2D eigenvalue weighted by Crippen LogP contribution is 2.23. The fourth-order valence-electron chi connectivity index (χ4n) is 4.68. The molecule has 0 radical (unpaired) electrons. The average molecular weight is 394 g/mol. The number of amides is 2. The summed E-state index contributed by atoms with van der Waals surface area (Å²) in [5.41, 5.74) is 7.49. The second kappa shape index (κ2) is 8.95. The minimum atomic E-state index is -0.0952. The summed E-state index contributed by atoms with van der Waals surface area (Å²) in [5, 5.41) is 5.36. The smallest absolute Gasteiger partial charge is 0.253 e. The first-order valence-corrected chi connectivity index (χ1v) is 11.0. The molecular formula is C24H31N3O2. The summed E-state index contributed by atoms with van der Waals surface area (Å²) in [6.45, 7) is 1.74. The molecule has 5 nitrogen and oxygen atoms in total. The quantitative estimate of drug-likeness (QED) is 0.833. The Labute approximate surface area is 172 Å². The summed E-state index contributed by atoms with van der Waals surface area (Å²) in [4.78, 5) is 27.7. The number of nitrogens with two attached hydrogens (primary N) is 1. The summed E-state index contributed by atoms with van der Waals surface area (Å²) in [6, 6.07) is 12.2. The Morgan fingerprint density at radius 2 is 1.72 bits per heavy atom. The molecule has 1 saturated heterocycles. The molecule has 2 fully saturated rings. The maximum atomic E-state index is 13.1. The fraction of sp³-hybridized carbons (Fsp3) is 0.500. The van der Waals surface area contributed by atoms with Gasteiger partial charge in [0.25, 0.3) is 5.91 Å². The second-order valence-corrected chi connectivity index (χ2v) is 8.53. The monoisotopic (exact) mass is 393 g/mol. The van der Waals surface area contributed by atoms with Crippen molar-refractivity contribution in [2.75, 3.05) is 13.1 Å². The molecule has 1 heterocycles. The SMILES string of the molecule is NCc1ccc2cc(C(=O)N3CCCC(C(=O)NC4CCCCC4)C3)ccc2c1. The van der Waals surface area contributed by atoms with E-state index in [0.717, 1.165) is 48.6 Å². The van der Waals surface area contributed by atoms with E-state index in [1.165, 1.54) is 19.3 Å². The predicted molar refractivity (Wildman–Crippen MR) is 115 cm³/mol. The molecule has 2 aromatic carbocycles. The van der Waals surface area contributed by atoms with Crippen molar-refractivity contribution in [2.24, 2.45) is 11.7 Å². The van der Waals surface area contributed by atoms with E-state index in [0.29, 0.717) is 24.7 Å². The van der Waals surface area contributed by atoms with Crippen molar-refractivity contribution in [3.8, 4) is 0 Å². The molecule has 0 aromatic heterocycles. The van der Waals surface area contributed by atoms with Gasteiger partial charge in [-0.25, -0.2) is 0 Å². The van der Waals surface area contributed by atoms with E-state index in [1.807, 2.05) is 35.2 Å². The summed E-state index contributed by atoms with van der Waals surface area (Å²) < 4.78 is 0. The van der Waals surface area contributed by atoms with Gasteiger partial charge >= 0.3 is 0 Å². The Morgan fingerprint density at radius 1 is 0.966 bits per heavy atom. The molecule has 2 aromatic rings. The number of hydrogen-bond acceptors (Lipinski definition) is 3. The molecule has 1 aliphatic heterocycles. The number of benzene rings is 2. The second-order valence-electron chi connectivity index (χ2n) is 8.53. The standard InChI is InChI=1S/C24H31N3O2/c25-15-17-8-9-19-14-20(11-10-18(19)13-17)24(29)27-12-4-5-21(16-27)23(28)26-22-6-2-1-3-7-22/h8-11,13-14,21-22H,1-7,12,15-16,25H2,(H,26,28). The zero-order valence-electron chi connectivity index (χ0n) is 17.0. The number of likely N-dealkylation sites (tertiary alicyclic amines) is 1. The largest absolute Gasteiger partial charge is 0.353 e. The number of hydrogen-bond donors (Lipinski definition) is 2. The predicted octanol–water partition coefficient (Wildman–Crippen LogP) is 3.60. The van der Waals surface area contributed by atoms with Crippen LogP contribution in [0.2, 0.25) is 0 Å². The minimum Gasteiger partial charge on any atom is -0.353 e. The van der Waals surface area contributed by atoms with Crippen molar-refractivity contribution in [3.63, 3.8) is 0 Å². The number of carbonyl (C=O) groups excluding carboxylic acids is 2. The van der Waals surface area contributed by atoms with Crippen LogP contribution in [-0.2, 0) is 11.3 Å². The maximum absolute atomic E-state index is 13.1. The minimum absolute atomic E-state index is 0.0185. The van der Waals surface area contributed by atoms with E-state index in [1.54, 1.807) is 0 Å². The van der Waals surface area contributed by atoms with Gasteiger partial charge < -0.3 is 16.0 Å². The van der Waals surface area contributed by atoms with Crippen molar-refractivity contribution in [1.82, 2.24) is 10.2 Å². The highest BCUT2D eigenvalue weighted by Gasteiger charge is 2.30. The summed E-state index contributed by atoms with van der Waals surface area (Å²) in [7, 11) is 0. The van der Waals surface area contributed by atoms with Gasteiger partial charge in [-0.3, -0.25) is 9.59 Å². The first kappa shape index (κ1) is 19.9. The molecule has 4 rings (SSSR count). The van der Waals surface area contributed by atoms with Gasteiger partial charge in [-0.2, -0.15) is 0 Å². The summed E-state index contributed by atoms with van der Waals surface area (Å²) in [6.07, 6.45) is 7.60. The molecule has 0 bridgehead atoms. The number of nitrogens with zero attached hydrogens (tertiary/aromatic N) is 1. The van der Waals surface area contributed by atoms with Crippen LogP contribution in [-0.4, -0.2) is 35.8 Å². The number of fused-ring (bicyclic) bond motifs is 1. The first-order valence-electron chi connectivity index (χ1n) is 11.0. The molecule has 1 atom stereocenters. The molecular weight excluding hydrogens is 362 g/mol. The highest BCUT2D eigenvalue weighted by atomic mass is 16.2. The topological polar surface area (TPSA) is 75.4 Å². The summed E-state index contributed by atoms with van der Waals surface area (Å²) in [5.74, 6) is 0.0504. The van der Waals surface area contributed by atoms with Crippen LogP contribution in [0.25, 0.3) is 10.8 Å². The zero-order valence-corrected chi connectivity index (χ0v) is 17.0. The zero-order chi connectivity index (χ0) is 20.2. The lowest BCUT2D eigenvalue weighted by Crippen LogP contribution is -2.47. The van der Waals surface area contributed by atoms with E-state index < -0.39 is 0 Å². The van der Waals surface area contributed by atoms with Crippen LogP contribution in [0, 0.1) is 5.92 Å². The number of rotatable bonds is 4. The van der Waals surface area contributed by atoms with Crippen LogP contribution >= 0.6 is 0 Å². The van der Waals surface area contributed by atoms with Crippen molar-refractivity contribution in [3.05, 3.63) is 47.5 Å². The summed E-state index contributed by atoms with van der Waals surface area (Å²) >= 11 is 0. The third kappa shape index (κ3) is 4.61. The van der Waals surface area contributed by atoms with Crippen molar-refractivity contribution in [1.29, 1.82) is 0 Å². The Hall–Kier alpha value is -2.40. The van der Waals surface area contributed by atoms with Crippen molar-refractivity contribution in [2.45, 2.75) is 57.5 Å². The van der Waals surface area contributed by atoms with Gasteiger partial charge in [0.05, 0.1) is 5.92 Å². The molecule has 154 valence electrons. The van der Waals surface area contributed by atoms with E-state index in [2.05, 4.69) is 11.4 Å². The van der Waals surface area contributed by atoms with Crippen molar-refractivity contribution >= 4 is 22.6 Å². The molecule has 2 amide bonds. The average Bonchev–Trinajstić information content (AvgIpc) is 2.78. The van der Waals surface area contributed by atoms with E-state index >= 15 is 0 Å². The molecule has 2 aliphatic rings. The third-order valence-corrected chi connectivity index (χ3v) is 6.42.